The van der Waals surface area contributed by atoms with Gasteiger partial charge in [-0.05, 0) is 60.2 Å². The van der Waals surface area contributed by atoms with E-state index in [4.69, 9.17) is 27.1 Å². The summed E-state index contributed by atoms with van der Waals surface area (Å²) in [6.07, 6.45) is 6.35. The number of hydrogen-bond donors (Lipinski definition) is 2. The van der Waals surface area contributed by atoms with Crippen LogP contribution in [0.25, 0.3) is 28.2 Å². The average molecular weight is 487 g/mol. The van der Waals surface area contributed by atoms with Gasteiger partial charge in [0.2, 0.25) is 11.9 Å². The smallest absolute Gasteiger partial charge is 0.241 e. The van der Waals surface area contributed by atoms with Crippen LogP contribution in [0.4, 0.5) is 17.3 Å². The Morgan fingerprint density at radius 2 is 1.89 bits per heavy atom. The number of primary amides is 1. The molecule has 9 heteroatoms. The molecule has 8 nitrogen and oxygen atoms in total. The first kappa shape index (κ1) is 22.8. The summed E-state index contributed by atoms with van der Waals surface area (Å²) in [6.45, 7) is 3.26. The molecule has 5 rings (SSSR count). The van der Waals surface area contributed by atoms with E-state index in [2.05, 4.69) is 32.3 Å². The summed E-state index contributed by atoms with van der Waals surface area (Å²) < 4.78 is 5.43. The van der Waals surface area contributed by atoms with Gasteiger partial charge in [-0.3, -0.25) is 9.78 Å². The summed E-state index contributed by atoms with van der Waals surface area (Å²) in [4.78, 5) is 27.1. The van der Waals surface area contributed by atoms with Gasteiger partial charge in [0.1, 0.15) is 0 Å². The van der Waals surface area contributed by atoms with Gasteiger partial charge < -0.3 is 20.7 Å². The van der Waals surface area contributed by atoms with Crippen molar-refractivity contribution in [2.45, 2.75) is 0 Å². The molecule has 176 valence electrons. The van der Waals surface area contributed by atoms with Crippen molar-refractivity contribution in [1.29, 1.82) is 0 Å². The minimum atomic E-state index is -0.520. The Kier molecular flexibility index (Phi) is 6.56. The molecule has 0 radical (unpaired) electrons. The van der Waals surface area contributed by atoms with E-state index in [1.807, 2.05) is 24.3 Å². The number of anilines is 3. The fourth-order valence-corrected chi connectivity index (χ4v) is 4.20. The maximum absolute atomic E-state index is 11.1. The van der Waals surface area contributed by atoms with E-state index >= 15 is 0 Å². The average Bonchev–Trinajstić information content (AvgIpc) is 2.88. The van der Waals surface area contributed by atoms with Crippen LogP contribution in [0.3, 0.4) is 0 Å². The largest absolute Gasteiger partial charge is 0.378 e. The second kappa shape index (κ2) is 10.1. The molecular weight excluding hydrogens is 464 g/mol. The highest BCUT2D eigenvalue weighted by molar-refractivity contribution is 6.34. The zero-order chi connectivity index (χ0) is 24.2. The van der Waals surface area contributed by atoms with Crippen LogP contribution in [0.5, 0.6) is 0 Å². The Labute approximate surface area is 207 Å². The number of carbonyl (C=O) groups is 1. The molecular formula is C26H23ClN6O2. The van der Waals surface area contributed by atoms with Crippen molar-refractivity contribution in [3.8, 4) is 11.3 Å². The fourth-order valence-electron chi connectivity index (χ4n) is 3.95. The van der Waals surface area contributed by atoms with E-state index in [-0.39, 0.29) is 0 Å². The predicted octanol–water partition coefficient (Wildman–Crippen LogP) is 4.42. The fraction of sp³-hybridized carbons (Fsp3) is 0.154. The van der Waals surface area contributed by atoms with Crippen molar-refractivity contribution in [3.63, 3.8) is 0 Å². The summed E-state index contributed by atoms with van der Waals surface area (Å²) in [6, 6.07) is 15.5. The van der Waals surface area contributed by atoms with Crippen molar-refractivity contribution >= 4 is 51.8 Å². The minimum Gasteiger partial charge on any atom is -0.378 e. The quantitative estimate of drug-likeness (QED) is 0.388. The molecule has 1 fully saturated rings. The van der Waals surface area contributed by atoms with Crippen LogP contribution in [-0.2, 0) is 9.53 Å². The molecule has 1 amide bonds. The SMILES string of the molecule is NC(=O)C=Cc1ccnc(-c2c(Cl)ccc3cnc(Nc4ccc(N5CCOCC5)cc4)nc23)c1. The Balaban J connectivity index is 1.46. The summed E-state index contributed by atoms with van der Waals surface area (Å²) in [5.41, 5.74) is 10.0. The molecule has 4 aromatic rings. The van der Waals surface area contributed by atoms with E-state index < -0.39 is 5.91 Å². The van der Waals surface area contributed by atoms with Crippen LogP contribution in [0.15, 0.2) is 67.0 Å². The van der Waals surface area contributed by atoms with Crippen molar-refractivity contribution in [2.24, 2.45) is 5.73 Å². The molecule has 0 unspecified atom stereocenters. The normalized spacial score (nSPS) is 13.9. The first-order chi connectivity index (χ1) is 17.1. The van der Waals surface area contributed by atoms with Gasteiger partial charge in [0.05, 0.1) is 29.4 Å². The molecule has 1 aliphatic heterocycles. The number of ether oxygens (including phenoxy) is 1. The first-order valence-electron chi connectivity index (χ1n) is 11.2. The molecule has 3 heterocycles. The number of aromatic nitrogens is 3. The second-order valence-corrected chi connectivity index (χ2v) is 8.44. The number of benzene rings is 2. The molecule has 1 saturated heterocycles. The van der Waals surface area contributed by atoms with Gasteiger partial charge in [0, 0.05) is 53.9 Å². The van der Waals surface area contributed by atoms with Gasteiger partial charge in [0.15, 0.2) is 0 Å². The highest BCUT2D eigenvalue weighted by Crippen LogP contribution is 2.34. The van der Waals surface area contributed by atoms with Gasteiger partial charge in [-0.1, -0.05) is 11.6 Å². The summed E-state index contributed by atoms with van der Waals surface area (Å²) in [7, 11) is 0. The van der Waals surface area contributed by atoms with Crippen LogP contribution in [-0.4, -0.2) is 47.2 Å². The lowest BCUT2D eigenvalue weighted by molar-refractivity contribution is -0.113. The van der Waals surface area contributed by atoms with Gasteiger partial charge in [0.25, 0.3) is 0 Å². The molecule has 0 saturated carbocycles. The molecule has 35 heavy (non-hydrogen) atoms. The number of halogens is 1. The zero-order valence-electron chi connectivity index (χ0n) is 18.8. The highest BCUT2D eigenvalue weighted by atomic mass is 35.5. The van der Waals surface area contributed by atoms with Crippen LogP contribution in [0.2, 0.25) is 5.02 Å². The zero-order valence-corrected chi connectivity index (χ0v) is 19.6. The van der Waals surface area contributed by atoms with Gasteiger partial charge in [-0.25, -0.2) is 9.97 Å². The molecule has 2 aromatic heterocycles. The Morgan fingerprint density at radius 1 is 1.09 bits per heavy atom. The number of carbonyl (C=O) groups excluding carboxylic acids is 1. The number of amides is 1. The third-order valence-electron chi connectivity index (χ3n) is 5.68. The van der Waals surface area contributed by atoms with Gasteiger partial charge in [-0.2, -0.15) is 0 Å². The second-order valence-electron chi connectivity index (χ2n) is 8.04. The van der Waals surface area contributed by atoms with Crippen LogP contribution < -0.4 is 16.0 Å². The molecule has 0 aliphatic carbocycles. The van der Waals surface area contributed by atoms with E-state index in [1.54, 1.807) is 30.6 Å². The highest BCUT2D eigenvalue weighted by Gasteiger charge is 2.14. The number of nitrogens with zero attached hydrogens (tertiary/aromatic N) is 4. The lowest BCUT2D eigenvalue weighted by Gasteiger charge is -2.28. The topological polar surface area (TPSA) is 106 Å². The summed E-state index contributed by atoms with van der Waals surface area (Å²) >= 11 is 6.59. The van der Waals surface area contributed by atoms with Crippen molar-refractivity contribution in [1.82, 2.24) is 15.0 Å². The van der Waals surface area contributed by atoms with E-state index in [9.17, 15) is 4.79 Å². The molecule has 0 spiro atoms. The number of rotatable bonds is 6. The molecule has 3 N–H and O–H groups in total. The first-order valence-corrected chi connectivity index (χ1v) is 11.5. The van der Waals surface area contributed by atoms with Crippen LogP contribution in [0.1, 0.15) is 5.56 Å². The van der Waals surface area contributed by atoms with Crippen molar-refractivity contribution in [2.75, 3.05) is 36.5 Å². The molecule has 1 aliphatic rings. The maximum Gasteiger partial charge on any atom is 0.241 e. The number of nitrogens with one attached hydrogen (secondary N) is 1. The Morgan fingerprint density at radius 3 is 2.66 bits per heavy atom. The van der Waals surface area contributed by atoms with E-state index in [1.165, 1.54) is 6.08 Å². The third-order valence-corrected chi connectivity index (χ3v) is 6.00. The minimum absolute atomic E-state index is 0.449. The number of hydrogen-bond acceptors (Lipinski definition) is 7. The van der Waals surface area contributed by atoms with Crippen LogP contribution in [0, 0.1) is 0 Å². The lowest BCUT2D eigenvalue weighted by Crippen LogP contribution is -2.36. The number of pyridine rings is 1. The Hall–Kier alpha value is -4.01. The Bertz CT molecular complexity index is 1400. The molecule has 0 bridgehead atoms. The van der Waals surface area contributed by atoms with Gasteiger partial charge >= 0.3 is 0 Å². The predicted molar refractivity (Wildman–Crippen MR) is 139 cm³/mol. The van der Waals surface area contributed by atoms with E-state index in [0.29, 0.717) is 27.7 Å². The standard InChI is InChI=1S/C26H23ClN6O2/c27-21-7-2-18-16-30-26(31-19-3-5-20(6-4-19)33-11-13-35-14-12-33)32-25(18)24(21)22-15-17(9-10-29-22)1-8-23(28)34/h1-10,15-16H,11-14H2,(H2,28,34)(H,30,31,32). The number of nitrogens with two attached hydrogens (primary N) is 1. The lowest BCUT2D eigenvalue weighted by atomic mass is 10.1. The maximum atomic E-state index is 11.1. The van der Waals surface area contributed by atoms with Crippen LogP contribution >= 0.6 is 11.6 Å². The molecule has 0 atom stereocenters. The number of morpholine rings is 1. The monoisotopic (exact) mass is 486 g/mol. The van der Waals surface area contributed by atoms with E-state index in [0.717, 1.165) is 48.6 Å². The third kappa shape index (κ3) is 5.24. The molecule has 2 aromatic carbocycles. The van der Waals surface area contributed by atoms with Gasteiger partial charge in [-0.15, -0.1) is 0 Å². The summed E-state index contributed by atoms with van der Waals surface area (Å²) in [5, 5.41) is 4.62. The van der Waals surface area contributed by atoms with Crippen molar-refractivity contribution in [3.05, 3.63) is 77.6 Å². The van der Waals surface area contributed by atoms with Crippen molar-refractivity contribution < 1.29 is 9.53 Å². The summed E-state index contributed by atoms with van der Waals surface area (Å²) in [5.74, 6) is -0.0714. The number of fused-ring (bicyclic) bond motifs is 1.